The maximum Gasteiger partial charge on any atom is 0.252 e. The van der Waals surface area contributed by atoms with Gasteiger partial charge in [-0.1, -0.05) is 6.92 Å². The Balaban J connectivity index is 2.20. The molecule has 0 spiro atoms. The molecule has 1 fully saturated rings. The molecule has 6 nitrogen and oxygen atoms in total. The third kappa shape index (κ3) is 3.68. The van der Waals surface area contributed by atoms with Gasteiger partial charge >= 0.3 is 0 Å². The van der Waals surface area contributed by atoms with Gasteiger partial charge in [-0.25, -0.2) is 8.42 Å². The van der Waals surface area contributed by atoms with E-state index in [0.717, 1.165) is 17.7 Å². The summed E-state index contributed by atoms with van der Waals surface area (Å²) in [6.45, 7) is 4.70. The van der Waals surface area contributed by atoms with E-state index in [9.17, 15) is 13.2 Å². The first kappa shape index (κ1) is 17.4. The predicted octanol–water partition coefficient (Wildman–Crippen LogP) is 1.13. The second kappa shape index (κ2) is 7.08. The van der Waals surface area contributed by atoms with Crippen molar-refractivity contribution in [3.05, 3.63) is 17.0 Å². The van der Waals surface area contributed by atoms with Crippen molar-refractivity contribution in [2.45, 2.75) is 43.5 Å². The van der Waals surface area contributed by atoms with Crippen LogP contribution in [0, 0.1) is 5.92 Å². The highest BCUT2D eigenvalue weighted by Gasteiger charge is 2.37. The van der Waals surface area contributed by atoms with Gasteiger partial charge in [0.2, 0.25) is 5.91 Å². The third-order valence-corrected chi connectivity index (χ3v) is 7.49. The van der Waals surface area contributed by atoms with Crippen LogP contribution in [0.3, 0.4) is 0 Å². The summed E-state index contributed by atoms with van der Waals surface area (Å²) in [5.41, 5.74) is 5.79. The normalized spacial score (nSPS) is 23.4. The third-order valence-electron chi connectivity index (χ3n) is 4.02. The summed E-state index contributed by atoms with van der Waals surface area (Å²) < 4.78 is 27.6. The standard InChI is InChI=1S/C14H23N3O3S2/c1-10-4-3-7-17(13(10)8-15)22(19,20)14-6-5-12(21-14)9-16-11(2)18/h5-6,10,13H,3-4,7-9,15H2,1-2H3,(H,16,18)/t10-,13+/m1/s1. The lowest BCUT2D eigenvalue weighted by Gasteiger charge is -2.37. The molecule has 0 bridgehead atoms. The molecule has 1 aromatic rings. The number of nitrogens with zero attached hydrogens (tertiary/aromatic N) is 1. The van der Waals surface area contributed by atoms with Gasteiger partial charge < -0.3 is 11.1 Å². The van der Waals surface area contributed by atoms with Gasteiger partial charge in [0, 0.05) is 30.9 Å². The molecule has 2 rings (SSSR count). The highest BCUT2D eigenvalue weighted by atomic mass is 32.2. The molecule has 0 radical (unpaired) electrons. The maximum absolute atomic E-state index is 12.8. The van der Waals surface area contributed by atoms with Crippen molar-refractivity contribution in [3.8, 4) is 0 Å². The van der Waals surface area contributed by atoms with Crippen LogP contribution in [0.15, 0.2) is 16.3 Å². The first-order valence-corrected chi connectivity index (χ1v) is 9.67. The molecule has 1 saturated heterocycles. The van der Waals surface area contributed by atoms with Crippen molar-refractivity contribution in [1.29, 1.82) is 0 Å². The van der Waals surface area contributed by atoms with Crippen LogP contribution >= 0.6 is 11.3 Å². The van der Waals surface area contributed by atoms with Crippen LogP contribution < -0.4 is 11.1 Å². The molecule has 22 heavy (non-hydrogen) atoms. The molecular weight excluding hydrogens is 322 g/mol. The number of carbonyl (C=O) groups is 1. The van der Waals surface area contributed by atoms with Gasteiger partial charge in [0.05, 0.1) is 6.54 Å². The fourth-order valence-electron chi connectivity index (χ4n) is 2.78. The van der Waals surface area contributed by atoms with Gasteiger partial charge in [-0.05, 0) is 30.9 Å². The minimum atomic E-state index is -3.51. The van der Waals surface area contributed by atoms with E-state index in [0.29, 0.717) is 23.8 Å². The maximum atomic E-state index is 12.8. The lowest BCUT2D eigenvalue weighted by atomic mass is 9.93. The molecule has 1 aromatic heterocycles. The molecule has 8 heteroatoms. The Hall–Kier alpha value is -0.960. The van der Waals surface area contributed by atoms with E-state index in [-0.39, 0.29) is 17.9 Å². The zero-order chi connectivity index (χ0) is 16.3. The number of rotatable bonds is 5. The Morgan fingerprint density at radius 2 is 2.23 bits per heavy atom. The molecule has 0 unspecified atom stereocenters. The zero-order valence-corrected chi connectivity index (χ0v) is 14.5. The molecule has 1 amide bonds. The van der Waals surface area contributed by atoms with Crippen LogP contribution in [0.2, 0.25) is 0 Å². The van der Waals surface area contributed by atoms with Gasteiger partial charge in [0.15, 0.2) is 0 Å². The van der Waals surface area contributed by atoms with E-state index in [4.69, 9.17) is 5.73 Å². The average Bonchev–Trinajstić information content (AvgIpc) is 2.94. The average molecular weight is 345 g/mol. The van der Waals surface area contributed by atoms with Gasteiger partial charge in [-0.2, -0.15) is 4.31 Å². The number of sulfonamides is 1. The second-order valence-electron chi connectivity index (χ2n) is 5.67. The number of thiophene rings is 1. The number of nitrogens with one attached hydrogen (secondary N) is 1. The van der Waals surface area contributed by atoms with E-state index in [2.05, 4.69) is 12.2 Å². The van der Waals surface area contributed by atoms with Crippen LogP contribution in [-0.2, 0) is 21.4 Å². The highest BCUT2D eigenvalue weighted by molar-refractivity contribution is 7.91. The Labute approximate surface area is 135 Å². The van der Waals surface area contributed by atoms with Crippen molar-refractivity contribution in [2.24, 2.45) is 11.7 Å². The Morgan fingerprint density at radius 3 is 2.86 bits per heavy atom. The van der Waals surface area contributed by atoms with Gasteiger partial charge in [-0.3, -0.25) is 4.79 Å². The van der Waals surface area contributed by atoms with Gasteiger partial charge in [-0.15, -0.1) is 11.3 Å². The molecule has 3 N–H and O–H groups in total. The molecule has 0 saturated carbocycles. The van der Waals surface area contributed by atoms with E-state index in [1.165, 1.54) is 18.3 Å². The molecule has 0 aliphatic carbocycles. The van der Waals surface area contributed by atoms with Crippen molar-refractivity contribution >= 4 is 27.3 Å². The fraction of sp³-hybridized carbons (Fsp3) is 0.643. The lowest BCUT2D eigenvalue weighted by molar-refractivity contribution is -0.119. The lowest BCUT2D eigenvalue weighted by Crippen LogP contribution is -2.51. The van der Waals surface area contributed by atoms with Crippen LogP contribution in [0.1, 0.15) is 31.6 Å². The quantitative estimate of drug-likeness (QED) is 0.837. The van der Waals surface area contributed by atoms with Crippen LogP contribution in [0.25, 0.3) is 0 Å². The summed E-state index contributed by atoms with van der Waals surface area (Å²) in [7, 11) is -3.51. The summed E-state index contributed by atoms with van der Waals surface area (Å²) >= 11 is 1.20. The van der Waals surface area contributed by atoms with Crippen LogP contribution in [-0.4, -0.2) is 37.8 Å². The molecular formula is C14H23N3O3S2. The summed E-state index contributed by atoms with van der Waals surface area (Å²) in [6, 6.07) is 3.22. The minimum Gasteiger partial charge on any atom is -0.351 e. The van der Waals surface area contributed by atoms with Crippen molar-refractivity contribution < 1.29 is 13.2 Å². The molecule has 1 aliphatic rings. The monoisotopic (exact) mass is 345 g/mol. The van der Waals surface area contributed by atoms with E-state index in [1.54, 1.807) is 16.4 Å². The second-order valence-corrected chi connectivity index (χ2v) is 8.95. The van der Waals surface area contributed by atoms with E-state index < -0.39 is 10.0 Å². The number of nitrogens with two attached hydrogens (primary N) is 1. The van der Waals surface area contributed by atoms with Gasteiger partial charge in [0.1, 0.15) is 4.21 Å². The Bertz CT molecular complexity index is 627. The first-order chi connectivity index (χ1) is 10.4. The zero-order valence-electron chi connectivity index (χ0n) is 12.9. The highest BCUT2D eigenvalue weighted by Crippen LogP contribution is 2.31. The smallest absolute Gasteiger partial charge is 0.252 e. The van der Waals surface area contributed by atoms with E-state index in [1.807, 2.05) is 0 Å². The fourth-order valence-corrected chi connectivity index (χ4v) is 5.97. The number of piperidine rings is 1. The van der Waals surface area contributed by atoms with E-state index >= 15 is 0 Å². The number of carbonyl (C=O) groups excluding carboxylic acids is 1. The Kier molecular flexibility index (Phi) is 5.60. The molecule has 124 valence electrons. The topological polar surface area (TPSA) is 92.5 Å². The largest absolute Gasteiger partial charge is 0.351 e. The number of amides is 1. The van der Waals surface area contributed by atoms with Gasteiger partial charge in [0.25, 0.3) is 10.0 Å². The SMILES string of the molecule is CC(=O)NCc1ccc(S(=O)(=O)N2CCC[C@@H](C)[C@@H]2CN)s1. The molecule has 0 aromatic carbocycles. The van der Waals surface area contributed by atoms with Crippen LogP contribution in [0.5, 0.6) is 0 Å². The van der Waals surface area contributed by atoms with Crippen molar-refractivity contribution in [3.63, 3.8) is 0 Å². The summed E-state index contributed by atoms with van der Waals surface area (Å²) in [6.07, 6.45) is 1.87. The van der Waals surface area contributed by atoms with Crippen LogP contribution in [0.4, 0.5) is 0 Å². The number of hydrogen-bond donors (Lipinski definition) is 2. The molecule has 1 aliphatic heterocycles. The first-order valence-electron chi connectivity index (χ1n) is 7.41. The molecule has 2 atom stereocenters. The minimum absolute atomic E-state index is 0.133. The van der Waals surface area contributed by atoms with Crippen molar-refractivity contribution in [2.75, 3.05) is 13.1 Å². The Morgan fingerprint density at radius 1 is 1.50 bits per heavy atom. The van der Waals surface area contributed by atoms with Crippen molar-refractivity contribution in [1.82, 2.24) is 9.62 Å². The summed E-state index contributed by atoms with van der Waals surface area (Å²) in [5, 5.41) is 2.68. The predicted molar refractivity (Wildman–Crippen MR) is 87.0 cm³/mol. The summed E-state index contributed by atoms with van der Waals surface area (Å²) in [5.74, 6) is 0.137. The molecule has 2 heterocycles. The number of hydrogen-bond acceptors (Lipinski definition) is 5. The summed E-state index contributed by atoms with van der Waals surface area (Å²) in [4.78, 5) is 11.8.